The van der Waals surface area contributed by atoms with Gasteiger partial charge in [0.1, 0.15) is 0 Å². The van der Waals surface area contributed by atoms with E-state index in [9.17, 15) is 8.42 Å². The van der Waals surface area contributed by atoms with Crippen molar-refractivity contribution in [2.45, 2.75) is 11.3 Å². The number of sulfonamides is 1. The molecule has 1 fully saturated rings. The molecule has 0 spiro atoms. The highest BCUT2D eigenvalue weighted by Crippen LogP contribution is 2.24. The molecule has 0 saturated carbocycles. The number of aromatic nitrogens is 2. The van der Waals surface area contributed by atoms with Crippen molar-refractivity contribution in [1.82, 2.24) is 14.5 Å². The van der Waals surface area contributed by atoms with Crippen molar-refractivity contribution < 1.29 is 8.42 Å². The molecule has 1 aliphatic rings. The normalized spacial score (nSPS) is 15.6. The summed E-state index contributed by atoms with van der Waals surface area (Å²) < 4.78 is 27.5. The van der Waals surface area contributed by atoms with Gasteiger partial charge in [-0.1, -0.05) is 30.3 Å². The molecule has 3 aromatic rings. The molecule has 148 valence electrons. The molecule has 7 nitrogen and oxygen atoms in total. The molecular weight excluding hydrogens is 386 g/mol. The van der Waals surface area contributed by atoms with Crippen molar-refractivity contribution in [2.75, 3.05) is 31.1 Å². The first-order valence-corrected chi connectivity index (χ1v) is 10.9. The number of benzene rings is 2. The molecule has 0 unspecified atom stereocenters. The number of nitrogens with zero attached hydrogens (tertiary/aromatic N) is 4. The Hall–Kier alpha value is -3.15. The molecule has 1 saturated heterocycles. The number of rotatable bonds is 4. The topological polar surface area (TPSA) is 93.1 Å². The quantitative estimate of drug-likeness (QED) is 0.718. The molecule has 1 N–H and O–H groups in total. The monoisotopic (exact) mass is 407 g/mol. The van der Waals surface area contributed by atoms with Crippen LogP contribution in [0.2, 0.25) is 0 Å². The number of anilines is 1. The number of hydrogen-bond acceptors (Lipinski definition) is 5. The third-order valence-corrected chi connectivity index (χ3v) is 6.96. The first kappa shape index (κ1) is 19.2. The van der Waals surface area contributed by atoms with Crippen molar-refractivity contribution in [3.63, 3.8) is 0 Å². The second-order valence-electron chi connectivity index (χ2n) is 6.89. The van der Waals surface area contributed by atoms with Crippen LogP contribution in [0.25, 0.3) is 11.3 Å². The molecule has 1 aliphatic heterocycles. The van der Waals surface area contributed by atoms with Gasteiger partial charge in [-0.3, -0.25) is 5.10 Å². The van der Waals surface area contributed by atoms with Crippen LogP contribution in [0, 0.1) is 11.3 Å². The largest absolute Gasteiger partial charge is 0.354 e. The van der Waals surface area contributed by atoms with Crippen LogP contribution in [0.4, 0.5) is 5.82 Å². The highest BCUT2D eigenvalue weighted by Gasteiger charge is 2.27. The van der Waals surface area contributed by atoms with Crippen LogP contribution in [0.15, 0.2) is 65.6 Å². The number of hydrogen-bond donors (Lipinski definition) is 1. The Morgan fingerprint density at radius 1 is 0.966 bits per heavy atom. The lowest BCUT2D eigenvalue weighted by Crippen LogP contribution is -2.35. The molecule has 2 aromatic carbocycles. The molecule has 0 radical (unpaired) electrons. The Kier molecular flexibility index (Phi) is 5.34. The minimum Gasteiger partial charge on any atom is -0.354 e. The smallest absolute Gasteiger partial charge is 0.243 e. The zero-order valence-corrected chi connectivity index (χ0v) is 16.6. The molecule has 0 aliphatic carbocycles. The fourth-order valence-corrected chi connectivity index (χ4v) is 4.92. The predicted octanol–water partition coefficient (Wildman–Crippen LogP) is 2.85. The van der Waals surface area contributed by atoms with Crippen molar-refractivity contribution in [3.05, 3.63) is 66.2 Å². The summed E-state index contributed by atoms with van der Waals surface area (Å²) in [5.41, 5.74) is 2.44. The van der Waals surface area contributed by atoms with E-state index in [-0.39, 0.29) is 4.90 Å². The van der Waals surface area contributed by atoms with E-state index in [1.807, 2.05) is 42.5 Å². The zero-order valence-electron chi connectivity index (χ0n) is 15.8. The summed E-state index contributed by atoms with van der Waals surface area (Å²) in [6, 6.07) is 20.0. The van der Waals surface area contributed by atoms with Gasteiger partial charge >= 0.3 is 0 Å². The van der Waals surface area contributed by atoms with Gasteiger partial charge < -0.3 is 4.90 Å². The van der Waals surface area contributed by atoms with Gasteiger partial charge in [0.15, 0.2) is 5.82 Å². The van der Waals surface area contributed by atoms with Crippen molar-refractivity contribution in [3.8, 4) is 17.3 Å². The Morgan fingerprint density at radius 2 is 1.72 bits per heavy atom. The Labute approximate surface area is 170 Å². The van der Waals surface area contributed by atoms with E-state index in [4.69, 9.17) is 5.26 Å². The number of H-pyrrole nitrogens is 1. The standard InChI is InChI=1S/C21H21N5O2S/c22-16-17-7-9-19(10-8-17)29(27,28)26-12-4-11-25(13-14-26)21-15-20(23-24-21)18-5-2-1-3-6-18/h1-3,5-10,15H,4,11-14H2,(H,23,24). The average molecular weight is 407 g/mol. The van der Waals surface area contributed by atoms with Crippen LogP contribution < -0.4 is 4.90 Å². The fourth-order valence-electron chi connectivity index (χ4n) is 3.45. The van der Waals surface area contributed by atoms with E-state index in [0.717, 1.165) is 23.6 Å². The third kappa shape index (κ3) is 4.01. The molecule has 0 amide bonds. The van der Waals surface area contributed by atoms with Gasteiger partial charge in [0.05, 0.1) is 22.2 Å². The summed E-state index contributed by atoms with van der Waals surface area (Å²) in [6.45, 7) is 2.14. The van der Waals surface area contributed by atoms with Crippen LogP contribution >= 0.6 is 0 Å². The van der Waals surface area contributed by atoms with Gasteiger partial charge in [0.2, 0.25) is 10.0 Å². The predicted molar refractivity (Wildman–Crippen MR) is 111 cm³/mol. The van der Waals surface area contributed by atoms with Crippen LogP contribution in [0.5, 0.6) is 0 Å². The van der Waals surface area contributed by atoms with E-state index >= 15 is 0 Å². The maximum atomic E-state index is 13.0. The maximum absolute atomic E-state index is 13.0. The highest BCUT2D eigenvalue weighted by molar-refractivity contribution is 7.89. The molecular formula is C21H21N5O2S. The van der Waals surface area contributed by atoms with Gasteiger partial charge in [-0.15, -0.1) is 0 Å². The zero-order chi connectivity index (χ0) is 20.3. The second kappa shape index (κ2) is 8.07. The first-order chi connectivity index (χ1) is 14.1. The summed E-state index contributed by atoms with van der Waals surface area (Å²) in [5, 5.41) is 16.4. The SMILES string of the molecule is N#Cc1ccc(S(=O)(=O)N2CCCN(c3cc(-c4ccccc4)[nH]n3)CC2)cc1. The minimum absolute atomic E-state index is 0.219. The molecule has 8 heteroatoms. The van der Waals surface area contributed by atoms with Gasteiger partial charge in [-0.2, -0.15) is 14.7 Å². The Balaban J connectivity index is 1.48. The van der Waals surface area contributed by atoms with Gasteiger partial charge in [0.25, 0.3) is 0 Å². The van der Waals surface area contributed by atoms with Crippen molar-refractivity contribution in [1.29, 1.82) is 5.26 Å². The van der Waals surface area contributed by atoms with Gasteiger partial charge in [0, 0.05) is 32.2 Å². The number of nitriles is 1. The van der Waals surface area contributed by atoms with E-state index < -0.39 is 10.0 Å². The maximum Gasteiger partial charge on any atom is 0.243 e. The van der Waals surface area contributed by atoms with Crippen molar-refractivity contribution in [2.24, 2.45) is 0 Å². The van der Waals surface area contributed by atoms with E-state index in [0.29, 0.717) is 31.6 Å². The average Bonchev–Trinajstić information content (AvgIpc) is 3.12. The molecule has 29 heavy (non-hydrogen) atoms. The van der Waals surface area contributed by atoms with E-state index in [2.05, 4.69) is 15.1 Å². The van der Waals surface area contributed by atoms with Crippen LogP contribution in [-0.4, -0.2) is 49.1 Å². The fraction of sp³-hybridized carbons (Fsp3) is 0.238. The van der Waals surface area contributed by atoms with E-state index in [1.54, 1.807) is 0 Å². The lowest BCUT2D eigenvalue weighted by atomic mass is 10.1. The first-order valence-electron chi connectivity index (χ1n) is 9.44. The lowest BCUT2D eigenvalue weighted by Gasteiger charge is -2.21. The highest BCUT2D eigenvalue weighted by atomic mass is 32.2. The molecule has 2 heterocycles. The number of nitrogens with one attached hydrogen (secondary N) is 1. The summed E-state index contributed by atoms with van der Waals surface area (Å²) >= 11 is 0. The third-order valence-electron chi connectivity index (χ3n) is 5.05. The lowest BCUT2D eigenvalue weighted by molar-refractivity contribution is 0.433. The minimum atomic E-state index is -3.58. The molecule has 1 aromatic heterocycles. The summed E-state index contributed by atoms with van der Waals surface area (Å²) in [4.78, 5) is 2.33. The second-order valence-corrected chi connectivity index (χ2v) is 8.82. The van der Waals surface area contributed by atoms with Gasteiger partial charge in [-0.05, 0) is 36.2 Å². The van der Waals surface area contributed by atoms with Crippen LogP contribution in [-0.2, 0) is 10.0 Å². The molecule has 0 atom stereocenters. The van der Waals surface area contributed by atoms with Crippen molar-refractivity contribution >= 4 is 15.8 Å². The Bertz CT molecular complexity index is 1120. The van der Waals surface area contributed by atoms with Gasteiger partial charge in [-0.25, -0.2) is 8.42 Å². The Morgan fingerprint density at radius 3 is 2.45 bits per heavy atom. The van der Waals surface area contributed by atoms with E-state index in [1.165, 1.54) is 28.6 Å². The summed E-state index contributed by atoms with van der Waals surface area (Å²) in [7, 11) is -3.58. The summed E-state index contributed by atoms with van der Waals surface area (Å²) in [5.74, 6) is 0.821. The van der Waals surface area contributed by atoms with Crippen LogP contribution in [0.1, 0.15) is 12.0 Å². The number of aromatic amines is 1. The van der Waals surface area contributed by atoms with Crippen LogP contribution in [0.3, 0.4) is 0 Å². The molecule has 0 bridgehead atoms. The molecule has 4 rings (SSSR count). The summed E-state index contributed by atoms with van der Waals surface area (Å²) in [6.07, 6.45) is 0.711.